The standard InChI is InChI=1S/C6H16ClN3/c7-1-3-9-5-6-10-4-2-8/h9-10H,1-6,8H2. The zero-order valence-electron chi connectivity index (χ0n) is 6.20. The molecule has 0 saturated carbocycles. The molecule has 0 aromatic heterocycles. The third kappa shape index (κ3) is 8.17. The van der Waals surface area contributed by atoms with Crippen molar-refractivity contribution in [1.29, 1.82) is 0 Å². The molecule has 62 valence electrons. The van der Waals surface area contributed by atoms with Gasteiger partial charge in [-0.25, -0.2) is 0 Å². The zero-order chi connectivity index (χ0) is 7.66. The molecule has 0 atom stereocenters. The summed E-state index contributed by atoms with van der Waals surface area (Å²) in [6.45, 7) is 4.41. The van der Waals surface area contributed by atoms with E-state index in [1.54, 1.807) is 0 Å². The van der Waals surface area contributed by atoms with Crippen LogP contribution in [-0.4, -0.2) is 38.6 Å². The first-order chi connectivity index (χ1) is 4.91. The van der Waals surface area contributed by atoms with Crippen LogP contribution in [0.3, 0.4) is 0 Å². The Morgan fingerprint density at radius 2 is 1.60 bits per heavy atom. The van der Waals surface area contributed by atoms with Crippen molar-refractivity contribution in [2.45, 2.75) is 0 Å². The molecule has 10 heavy (non-hydrogen) atoms. The van der Waals surface area contributed by atoms with Gasteiger partial charge in [-0.2, -0.15) is 0 Å². The summed E-state index contributed by atoms with van der Waals surface area (Å²) < 4.78 is 0. The second-order valence-corrected chi connectivity index (χ2v) is 2.36. The van der Waals surface area contributed by atoms with E-state index in [9.17, 15) is 0 Å². The first-order valence-electron chi connectivity index (χ1n) is 3.59. The lowest BCUT2D eigenvalue weighted by atomic mass is 10.5. The highest BCUT2D eigenvalue weighted by Gasteiger charge is 1.84. The lowest BCUT2D eigenvalue weighted by Crippen LogP contribution is -2.31. The van der Waals surface area contributed by atoms with Gasteiger partial charge in [0.05, 0.1) is 0 Å². The smallest absolute Gasteiger partial charge is 0.0348 e. The molecular weight excluding hydrogens is 150 g/mol. The maximum atomic E-state index is 5.44. The number of halogens is 1. The van der Waals surface area contributed by atoms with Crippen LogP contribution in [0.4, 0.5) is 0 Å². The predicted molar refractivity (Wildman–Crippen MR) is 45.5 cm³/mol. The van der Waals surface area contributed by atoms with E-state index in [1.165, 1.54) is 0 Å². The van der Waals surface area contributed by atoms with Gasteiger partial charge < -0.3 is 16.4 Å². The van der Waals surface area contributed by atoms with Crippen LogP contribution in [0.1, 0.15) is 0 Å². The molecule has 0 aromatic carbocycles. The fourth-order valence-corrected chi connectivity index (χ4v) is 0.729. The molecule has 4 N–H and O–H groups in total. The van der Waals surface area contributed by atoms with Gasteiger partial charge in [-0.1, -0.05) is 0 Å². The Morgan fingerprint density at radius 3 is 2.10 bits per heavy atom. The van der Waals surface area contributed by atoms with Gasteiger partial charge in [0, 0.05) is 38.6 Å². The molecule has 0 aliphatic heterocycles. The Morgan fingerprint density at radius 1 is 1.00 bits per heavy atom. The van der Waals surface area contributed by atoms with Gasteiger partial charge in [0.15, 0.2) is 0 Å². The fraction of sp³-hybridized carbons (Fsp3) is 1.00. The highest BCUT2D eigenvalue weighted by molar-refractivity contribution is 6.18. The number of nitrogens with two attached hydrogens (primary N) is 1. The fourth-order valence-electron chi connectivity index (χ4n) is 0.596. The van der Waals surface area contributed by atoms with Crippen molar-refractivity contribution in [2.24, 2.45) is 5.73 Å². The van der Waals surface area contributed by atoms with E-state index in [4.69, 9.17) is 17.3 Å². The summed E-state index contributed by atoms with van der Waals surface area (Å²) in [6, 6.07) is 0. The topological polar surface area (TPSA) is 50.1 Å². The van der Waals surface area contributed by atoms with Gasteiger partial charge in [-0.15, -0.1) is 11.6 Å². The summed E-state index contributed by atoms with van der Waals surface area (Å²) in [7, 11) is 0. The van der Waals surface area contributed by atoms with E-state index in [-0.39, 0.29) is 0 Å². The summed E-state index contributed by atoms with van der Waals surface area (Å²) in [4.78, 5) is 0. The number of nitrogens with one attached hydrogen (secondary N) is 2. The van der Waals surface area contributed by atoms with Crippen LogP contribution in [0.2, 0.25) is 0 Å². The number of hydrogen-bond donors (Lipinski definition) is 3. The summed E-state index contributed by atoms with van der Waals surface area (Å²) in [5, 5.41) is 6.32. The van der Waals surface area contributed by atoms with E-state index < -0.39 is 0 Å². The molecule has 0 amide bonds. The van der Waals surface area contributed by atoms with Crippen LogP contribution in [-0.2, 0) is 0 Å². The van der Waals surface area contributed by atoms with Crippen LogP contribution in [0.15, 0.2) is 0 Å². The average Bonchev–Trinajstić information content (AvgIpc) is 1.97. The van der Waals surface area contributed by atoms with Crippen molar-refractivity contribution in [1.82, 2.24) is 10.6 Å². The van der Waals surface area contributed by atoms with Crippen molar-refractivity contribution >= 4 is 11.6 Å². The van der Waals surface area contributed by atoms with Crippen LogP contribution in [0.5, 0.6) is 0 Å². The quantitative estimate of drug-likeness (QED) is 0.348. The van der Waals surface area contributed by atoms with Gasteiger partial charge in [0.1, 0.15) is 0 Å². The number of alkyl halides is 1. The molecule has 3 nitrogen and oxygen atoms in total. The van der Waals surface area contributed by atoms with E-state index >= 15 is 0 Å². The Labute approximate surface area is 67.3 Å². The van der Waals surface area contributed by atoms with E-state index in [2.05, 4.69) is 10.6 Å². The second-order valence-electron chi connectivity index (χ2n) is 1.98. The minimum atomic E-state index is 0.677. The highest BCUT2D eigenvalue weighted by atomic mass is 35.5. The molecule has 4 heteroatoms. The monoisotopic (exact) mass is 165 g/mol. The third-order valence-electron chi connectivity index (χ3n) is 1.07. The summed E-state index contributed by atoms with van der Waals surface area (Å²) in [6.07, 6.45) is 0. The highest BCUT2D eigenvalue weighted by Crippen LogP contribution is 1.67. The molecule has 0 aliphatic rings. The van der Waals surface area contributed by atoms with E-state index in [1.807, 2.05) is 0 Å². The molecule has 0 radical (unpaired) electrons. The second kappa shape index (κ2) is 9.17. The minimum absolute atomic E-state index is 0.677. The van der Waals surface area contributed by atoms with Crippen LogP contribution >= 0.6 is 11.6 Å². The number of hydrogen-bond acceptors (Lipinski definition) is 3. The summed E-state index contributed by atoms with van der Waals surface area (Å²) in [5.41, 5.74) is 5.27. The van der Waals surface area contributed by atoms with Crippen LogP contribution in [0.25, 0.3) is 0 Å². The van der Waals surface area contributed by atoms with Gasteiger partial charge >= 0.3 is 0 Å². The van der Waals surface area contributed by atoms with Crippen molar-refractivity contribution < 1.29 is 0 Å². The first kappa shape index (κ1) is 10.2. The molecule has 0 heterocycles. The van der Waals surface area contributed by atoms with Gasteiger partial charge in [0.25, 0.3) is 0 Å². The molecule has 0 bridgehead atoms. The Bertz CT molecular complexity index is 53.0. The maximum Gasteiger partial charge on any atom is 0.0348 e. The molecule has 0 aromatic rings. The Hall–Kier alpha value is 0.170. The lowest BCUT2D eigenvalue weighted by Gasteiger charge is -2.02. The third-order valence-corrected chi connectivity index (χ3v) is 1.26. The molecule has 0 rings (SSSR count). The SMILES string of the molecule is NCCNCCNCCCl. The van der Waals surface area contributed by atoms with Crippen molar-refractivity contribution in [2.75, 3.05) is 38.6 Å². The lowest BCUT2D eigenvalue weighted by molar-refractivity contribution is 0.630. The molecule has 0 saturated heterocycles. The Kier molecular flexibility index (Phi) is 9.33. The molecule has 0 aliphatic carbocycles. The van der Waals surface area contributed by atoms with E-state index in [0.29, 0.717) is 12.4 Å². The molecule has 0 fully saturated rings. The zero-order valence-corrected chi connectivity index (χ0v) is 6.95. The number of rotatable bonds is 7. The minimum Gasteiger partial charge on any atom is -0.329 e. The van der Waals surface area contributed by atoms with Crippen molar-refractivity contribution in [3.05, 3.63) is 0 Å². The molecule has 0 unspecified atom stereocenters. The van der Waals surface area contributed by atoms with E-state index in [0.717, 1.165) is 26.2 Å². The van der Waals surface area contributed by atoms with Crippen molar-refractivity contribution in [3.63, 3.8) is 0 Å². The normalized spacial score (nSPS) is 10.2. The maximum absolute atomic E-state index is 5.44. The van der Waals surface area contributed by atoms with Crippen molar-refractivity contribution in [3.8, 4) is 0 Å². The van der Waals surface area contributed by atoms with Crippen LogP contribution in [0, 0.1) is 0 Å². The average molecular weight is 166 g/mol. The largest absolute Gasteiger partial charge is 0.329 e. The Balaban J connectivity index is 2.65. The summed E-state index contributed by atoms with van der Waals surface area (Å²) >= 11 is 5.44. The van der Waals surface area contributed by atoms with Gasteiger partial charge in [-0.05, 0) is 0 Å². The molecule has 0 spiro atoms. The van der Waals surface area contributed by atoms with Gasteiger partial charge in [0.2, 0.25) is 0 Å². The molecular formula is C6H16ClN3. The van der Waals surface area contributed by atoms with Crippen LogP contribution < -0.4 is 16.4 Å². The summed E-state index contributed by atoms with van der Waals surface area (Å²) in [5.74, 6) is 0.677. The first-order valence-corrected chi connectivity index (χ1v) is 4.12. The van der Waals surface area contributed by atoms with Gasteiger partial charge in [-0.3, -0.25) is 0 Å². The predicted octanol–water partition coefficient (Wildman–Crippen LogP) is -0.637.